The van der Waals surface area contributed by atoms with Crippen molar-refractivity contribution in [3.63, 3.8) is 0 Å². The second-order valence-corrected chi connectivity index (χ2v) is 6.85. The fourth-order valence-electron chi connectivity index (χ4n) is 2.37. The lowest BCUT2D eigenvalue weighted by atomic mass is 9.77. The van der Waals surface area contributed by atoms with Crippen LogP contribution in [0.1, 0.15) is 32.6 Å². The molecule has 128 valence electrons. The van der Waals surface area contributed by atoms with Gasteiger partial charge < -0.3 is 25.1 Å². The van der Waals surface area contributed by atoms with Crippen molar-refractivity contribution >= 4 is 25.5 Å². The lowest BCUT2D eigenvalue weighted by Gasteiger charge is -2.25. The maximum absolute atomic E-state index is 11.3. The second-order valence-electron chi connectivity index (χ2n) is 5.07. The Morgan fingerprint density at radius 2 is 1.36 bits per heavy atom. The Morgan fingerprint density at radius 3 is 1.68 bits per heavy atom. The third-order valence-corrected chi connectivity index (χ3v) is 4.25. The van der Waals surface area contributed by atoms with Crippen LogP contribution in [0.15, 0.2) is 0 Å². The summed E-state index contributed by atoms with van der Waals surface area (Å²) in [6, 6.07) is 0. The van der Waals surface area contributed by atoms with Crippen molar-refractivity contribution < 1.29 is 44.1 Å². The van der Waals surface area contributed by atoms with E-state index < -0.39 is 49.4 Å². The van der Waals surface area contributed by atoms with E-state index in [1.165, 1.54) is 0 Å². The van der Waals surface area contributed by atoms with Gasteiger partial charge in [-0.1, -0.05) is 13.3 Å². The Kier molecular flexibility index (Phi) is 8.29. The summed E-state index contributed by atoms with van der Waals surface area (Å²) < 4.78 is 10.8. The third kappa shape index (κ3) is 7.02. The van der Waals surface area contributed by atoms with Gasteiger partial charge in [0.15, 0.2) is 0 Å². The summed E-state index contributed by atoms with van der Waals surface area (Å²) in [7, 11) is -4.32. The monoisotopic (exact) mass is 340 g/mol. The molecule has 0 aliphatic carbocycles. The van der Waals surface area contributed by atoms with Gasteiger partial charge >= 0.3 is 25.5 Å². The molecule has 0 aliphatic heterocycles. The van der Waals surface area contributed by atoms with Gasteiger partial charge in [0.25, 0.3) is 0 Å². The molecular formula is C12H21O9P. The molecule has 3 unspecified atom stereocenters. The topological polar surface area (TPSA) is 169 Å². The third-order valence-electron chi connectivity index (χ3n) is 3.35. The molecule has 0 fully saturated rings. The normalized spacial score (nSPS) is 15.8. The Labute approximate surface area is 127 Å². The first-order valence-corrected chi connectivity index (χ1v) is 8.54. The van der Waals surface area contributed by atoms with E-state index in [1.54, 1.807) is 6.92 Å². The van der Waals surface area contributed by atoms with Crippen LogP contribution in [-0.2, 0) is 18.9 Å². The van der Waals surface area contributed by atoms with Gasteiger partial charge in [-0.2, -0.15) is 0 Å². The van der Waals surface area contributed by atoms with Crippen LogP contribution in [-0.4, -0.2) is 49.2 Å². The van der Waals surface area contributed by atoms with E-state index in [4.69, 9.17) is 14.9 Å². The van der Waals surface area contributed by atoms with E-state index in [0.717, 1.165) is 0 Å². The number of carbonyl (C=O) groups is 3. The molecule has 3 atom stereocenters. The average Bonchev–Trinajstić information content (AvgIpc) is 2.33. The fourth-order valence-corrected chi connectivity index (χ4v) is 2.96. The van der Waals surface area contributed by atoms with Crippen molar-refractivity contribution in [2.45, 2.75) is 32.6 Å². The van der Waals surface area contributed by atoms with E-state index in [2.05, 4.69) is 0 Å². The van der Waals surface area contributed by atoms with Crippen LogP contribution >= 0.6 is 7.60 Å². The maximum Gasteiger partial charge on any atom is 0.325 e. The summed E-state index contributed by atoms with van der Waals surface area (Å²) in [4.78, 5) is 51.3. The minimum atomic E-state index is -4.32. The predicted molar refractivity (Wildman–Crippen MR) is 74.4 cm³/mol. The van der Waals surface area contributed by atoms with Gasteiger partial charge in [0.2, 0.25) is 0 Å². The van der Waals surface area contributed by atoms with Crippen molar-refractivity contribution in [1.29, 1.82) is 0 Å². The number of hydrogen-bond donors (Lipinski definition) is 5. The molecule has 10 heteroatoms. The average molecular weight is 340 g/mol. The van der Waals surface area contributed by atoms with Crippen molar-refractivity contribution in [2.24, 2.45) is 17.8 Å². The van der Waals surface area contributed by atoms with Gasteiger partial charge in [0.05, 0.1) is 17.8 Å². The molecule has 0 spiro atoms. The van der Waals surface area contributed by atoms with Gasteiger partial charge in [0.1, 0.15) is 0 Å². The van der Waals surface area contributed by atoms with E-state index in [-0.39, 0.29) is 19.3 Å². The SMILES string of the molecule is CCCC(C(=O)O)C(C(=O)O)C(CCCP(=O)(O)O)C(=O)O. The van der Waals surface area contributed by atoms with Crippen LogP contribution in [0.4, 0.5) is 0 Å². The Bertz CT molecular complexity index is 456. The minimum Gasteiger partial charge on any atom is -0.481 e. The highest BCUT2D eigenvalue weighted by Crippen LogP contribution is 2.37. The first-order valence-electron chi connectivity index (χ1n) is 6.74. The van der Waals surface area contributed by atoms with Crippen LogP contribution in [0.3, 0.4) is 0 Å². The zero-order valence-corrected chi connectivity index (χ0v) is 13.0. The Morgan fingerprint density at radius 1 is 0.909 bits per heavy atom. The molecule has 0 saturated carbocycles. The summed E-state index contributed by atoms with van der Waals surface area (Å²) in [5.41, 5.74) is 0. The second kappa shape index (κ2) is 8.87. The van der Waals surface area contributed by atoms with Gasteiger partial charge in [-0.15, -0.1) is 0 Å². The summed E-state index contributed by atoms with van der Waals surface area (Å²) in [6.45, 7) is 1.65. The number of aliphatic carboxylic acids is 3. The number of hydrogen-bond acceptors (Lipinski definition) is 4. The molecule has 0 radical (unpaired) electrons. The van der Waals surface area contributed by atoms with E-state index in [0.29, 0.717) is 6.42 Å². The molecule has 5 N–H and O–H groups in total. The van der Waals surface area contributed by atoms with Crippen molar-refractivity contribution in [2.75, 3.05) is 6.16 Å². The van der Waals surface area contributed by atoms with Crippen LogP contribution in [0.5, 0.6) is 0 Å². The largest absolute Gasteiger partial charge is 0.481 e. The standard InChI is InChI=1S/C12H21O9P/c1-2-4-7(10(13)14)9(12(17)18)8(11(15)16)5-3-6-22(19,20)21/h7-9H,2-6H2,1H3,(H,13,14)(H,15,16)(H,17,18)(H2,19,20,21). The van der Waals surface area contributed by atoms with Gasteiger partial charge in [0, 0.05) is 6.16 Å². The molecule has 0 aromatic carbocycles. The lowest BCUT2D eigenvalue weighted by Crippen LogP contribution is -2.39. The van der Waals surface area contributed by atoms with Crippen LogP contribution in [0.25, 0.3) is 0 Å². The molecule has 0 rings (SSSR count). The van der Waals surface area contributed by atoms with Gasteiger partial charge in [-0.05, 0) is 19.3 Å². The quantitative estimate of drug-likeness (QED) is 0.342. The molecule has 0 aromatic heterocycles. The van der Waals surface area contributed by atoms with Gasteiger partial charge in [-0.25, -0.2) is 0 Å². The molecule has 0 heterocycles. The van der Waals surface area contributed by atoms with E-state index in [9.17, 15) is 29.2 Å². The molecule has 0 aliphatic rings. The minimum absolute atomic E-state index is 0.00851. The molecular weight excluding hydrogens is 319 g/mol. The zero-order valence-electron chi connectivity index (χ0n) is 12.1. The summed E-state index contributed by atoms with van der Waals surface area (Å²) in [5, 5.41) is 27.5. The highest BCUT2D eigenvalue weighted by atomic mass is 31.2. The van der Waals surface area contributed by atoms with E-state index in [1.807, 2.05) is 0 Å². The van der Waals surface area contributed by atoms with Crippen LogP contribution in [0.2, 0.25) is 0 Å². The predicted octanol–water partition coefficient (Wildman–Crippen LogP) is 0.847. The first-order chi connectivity index (χ1) is 10.0. The summed E-state index contributed by atoms with van der Waals surface area (Å²) >= 11 is 0. The summed E-state index contributed by atoms with van der Waals surface area (Å²) in [6.07, 6.45) is -0.715. The van der Waals surface area contributed by atoms with Crippen molar-refractivity contribution in [3.8, 4) is 0 Å². The molecule has 9 nitrogen and oxygen atoms in total. The molecule has 0 aromatic rings. The Balaban J connectivity index is 5.26. The number of rotatable bonds is 11. The highest BCUT2D eigenvalue weighted by Gasteiger charge is 2.42. The fraction of sp³-hybridized carbons (Fsp3) is 0.750. The van der Waals surface area contributed by atoms with Crippen molar-refractivity contribution in [1.82, 2.24) is 0 Å². The first kappa shape index (κ1) is 20.6. The lowest BCUT2D eigenvalue weighted by molar-refractivity contribution is -0.162. The van der Waals surface area contributed by atoms with Crippen molar-refractivity contribution in [3.05, 3.63) is 0 Å². The Hall–Kier alpha value is -1.44. The smallest absolute Gasteiger partial charge is 0.325 e. The molecule has 0 amide bonds. The number of carboxylic acids is 3. The maximum atomic E-state index is 11.3. The number of carboxylic acid groups (broad SMARTS) is 3. The molecule has 22 heavy (non-hydrogen) atoms. The zero-order chi connectivity index (χ0) is 17.5. The summed E-state index contributed by atoms with van der Waals surface area (Å²) in [5.74, 6) is -8.94. The molecule has 0 bridgehead atoms. The highest BCUT2D eigenvalue weighted by molar-refractivity contribution is 7.51. The van der Waals surface area contributed by atoms with Gasteiger partial charge in [-0.3, -0.25) is 18.9 Å². The molecule has 0 saturated heterocycles. The van der Waals surface area contributed by atoms with E-state index >= 15 is 0 Å². The van der Waals surface area contributed by atoms with Crippen LogP contribution in [0, 0.1) is 17.8 Å². The van der Waals surface area contributed by atoms with Crippen LogP contribution < -0.4 is 0 Å².